The largest absolute Gasteiger partial charge is 0.493 e. The van der Waals surface area contributed by atoms with Gasteiger partial charge in [0.05, 0.1) is 36.4 Å². The number of carbonyl (C=O) groups excluding carboxylic acids is 1. The third kappa shape index (κ3) is 3.84. The van der Waals surface area contributed by atoms with Crippen LogP contribution >= 0.6 is 11.6 Å². The Balaban J connectivity index is 1.52. The van der Waals surface area contributed by atoms with Crippen LogP contribution in [0.1, 0.15) is 28.4 Å². The lowest BCUT2D eigenvalue weighted by atomic mass is 10.0. The van der Waals surface area contributed by atoms with Gasteiger partial charge in [-0.05, 0) is 24.3 Å². The molecule has 2 aliphatic rings. The quantitative estimate of drug-likeness (QED) is 0.869. The molecule has 1 fully saturated rings. The van der Waals surface area contributed by atoms with Gasteiger partial charge in [-0.25, -0.2) is 9.37 Å². The number of amides is 1. The number of halogens is 2. The molecule has 8 heteroatoms. The number of nitrogens with one attached hydrogen (secondary N) is 1. The average Bonchev–Trinajstić information content (AvgIpc) is 2.70. The minimum Gasteiger partial charge on any atom is -0.493 e. The van der Waals surface area contributed by atoms with E-state index in [4.69, 9.17) is 21.1 Å². The van der Waals surface area contributed by atoms with Crippen LogP contribution in [0.3, 0.4) is 0 Å². The molecule has 1 N–H and O–H groups in total. The van der Waals surface area contributed by atoms with Gasteiger partial charge >= 0.3 is 0 Å². The smallest absolute Gasteiger partial charge is 0.255 e. The number of nitrogens with zero attached hydrogens (tertiary/aromatic N) is 2. The molecule has 0 spiro atoms. The van der Waals surface area contributed by atoms with Crippen molar-refractivity contribution in [1.82, 2.24) is 9.88 Å². The maximum Gasteiger partial charge on any atom is 0.255 e. The minimum atomic E-state index is -0.323. The SMILES string of the molecule is O=C(c1cnc(NC2CCOc3ccc(F)cc32)c(Cl)c1)N1CCOCC1. The van der Waals surface area contributed by atoms with Crippen LogP contribution in [0.2, 0.25) is 5.02 Å². The van der Waals surface area contributed by atoms with Crippen molar-refractivity contribution in [2.24, 2.45) is 0 Å². The Labute approximate surface area is 161 Å². The Morgan fingerprint density at radius 2 is 2.07 bits per heavy atom. The molecule has 1 unspecified atom stereocenters. The van der Waals surface area contributed by atoms with Gasteiger partial charge in [-0.15, -0.1) is 0 Å². The van der Waals surface area contributed by atoms with Crippen molar-refractivity contribution in [3.05, 3.63) is 52.4 Å². The van der Waals surface area contributed by atoms with Crippen molar-refractivity contribution < 1.29 is 18.7 Å². The monoisotopic (exact) mass is 391 g/mol. The lowest BCUT2D eigenvalue weighted by Gasteiger charge is -2.28. The van der Waals surface area contributed by atoms with Crippen LogP contribution in [0.4, 0.5) is 10.2 Å². The van der Waals surface area contributed by atoms with E-state index in [0.29, 0.717) is 61.5 Å². The first-order chi connectivity index (χ1) is 13.1. The normalized spacial score (nSPS) is 19.2. The molecule has 0 radical (unpaired) electrons. The van der Waals surface area contributed by atoms with Crippen LogP contribution in [-0.2, 0) is 4.74 Å². The van der Waals surface area contributed by atoms with Gasteiger partial charge in [0.15, 0.2) is 0 Å². The molecule has 1 aromatic heterocycles. The van der Waals surface area contributed by atoms with Gasteiger partial charge in [0, 0.05) is 31.3 Å². The second-order valence-electron chi connectivity index (χ2n) is 6.48. The Morgan fingerprint density at radius 3 is 2.85 bits per heavy atom. The van der Waals surface area contributed by atoms with E-state index in [2.05, 4.69) is 10.3 Å². The van der Waals surface area contributed by atoms with Crippen molar-refractivity contribution in [2.75, 3.05) is 38.2 Å². The van der Waals surface area contributed by atoms with Gasteiger partial charge in [0.25, 0.3) is 5.91 Å². The third-order valence-electron chi connectivity index (χ3n) is 4.71. The standard InChI is InChI=1S/C19H19ClFN3O3/c20-15-9-12(19(25)24-4-7-26-8-5-24)11-22-18(15)23-16-3-6-27-17-2-1-13(21)10-14(16)17/h1-2,9-11,16H,3-8H2,(H,22,23). The molecule has 0 bridgehead atoms. The summed E-state index contributed by atoms with van der Waals surface area (Å²) in [6, 6.07) is 5.89. The highest BCUT2D eigenvalue weighted by Crippen LogP contribution is 2.35. The topological polar surface area (TPSA) is 63.7 Å². The highest BCUT2D eigenvalue weighted by Gasteiger charge is 2.24. The van der Waals surface area contributed by atoms with E-state index in [1.807, 2.05) is 0 Å². The number of anilines is 1. The summed E-state index contributed by atoms with van der Waals surface area (Å²) in [7, 11) is 0. The van der Waals surface area contributed by atoms with Gasteiger partial charge in [-0.1, -0.05) is 11.6 Å². The number of benzene rings is 1. The zero-order valence-electron chi connectivity index (χ0n) is 14.6. The molecule has 1 aromatic carbocycles. The van der Waals surface area contributed by atoms with Gasteiger partial charge in [0.2, 0.25) is 0 Å². The Hall–Kier alpha value is -2.38. The second kappa shape index (κ2) is 7.70. The van der Waals surface area contributed by atoms with Crippen molar-refractivity contribution in [3.8, 4) is 5.75 Å². The number of hydrogen-bond donors (Lipinski definition) is 1. The highest BCUT2D eigenvalue weighted by molar-refractivity contribution is 6.33. The summed E-state index contributed by atoms with van der Waals surface area (Å²) in [5, 5.41) is 3.59. The first-order valence-electron chi connectivity index (χ1n) is 8.83. The zero-order valence-corrected chi connectivity index (χ0v) is 15.3. The summed E-state index contributed by atoms with van der Waals surface area (Å²) < 4.78 is 24.5. The van der Waals surface area contributed by atoms with E-state index in [-0.39, 0.29) is 17.8 Å². The van der Waals surface area contributed by atoms with E-state index in [9.17, 15) is 9.18 Å². The Kier molecular flexibility index (Phi) is 5.13. The lowest BCUT2D eigenvalue weighted by Crippen LogP contribution is -2.40. The molecule has 27 heavy (non-hydrogen) atoms. The van der Waals surface area contributed by atoms with Crippen molar-refractivity contribution in [2.45, 2.75) is 12.5 Å². The third-order valence-corrected chi connectivity index (χ3v) is 5.00. The number of rotatable bonds is 3. The summed E-state index contributed by atoms with van der Waals surface area (Å²) in [6.07, 6.45) is 2.17. The van der Waals surface area contributed by atoms with Crippen LogP contribution in [0.15, 0.2) is 30.5 Å². The maximum atomic E-state index is 13.6. The summed E-state index contributed by atoms with van der Waals surface area (Å²) in [5.41, 5.74) is 1.17. The fourth-order valence-electron chi connectivity index (χ4n) is 3.29. The molecule has 1 saturated heterocycles. The molecule has 2 aromatic rings. The van der Waals surface area contributed by atoms with Gasteiger partial charge in [0.1, 0.15) is 17.4 Å². The van der Waals surface area contributed by atoms with E-state index in [1.54, 1.807) is 17.0 Å². The van der Waals surface area contributed by atoms with E-state index in [0.717, 1.165) is 5.56 Å². The molecule has 2 aliphatic heterocycles. The molecule has 0 aliphatic carbocycles. The molecule has 6 nitrogen and oxygen atoms in total. The number of ether oxygens (including phenoxy) is 2. The van der Waals surface area contributed by atoms with Crippen LogP contribution in [0, 0.1) is 5.82 Å². The molecule has 1 atom stereocenters. The summed E-state index contributed by atoms with van der Waals surface area (Å²) in [4.78, 5) is 18.6. The molecule has 142 valence electrons. The van der Waals surface area contributed by atoms with Crippen LogP contribution < -0.4 is 10.1 Å². The van der Waals surface area contributed by atoms with Gasteiger partial charge < -0.3 is 19.7 Å². The highest BCUT2D eigenvalue weighted by atomic mass is 35.5. The second-order valence-corrected chi connectivity index (χ2v) is 6.88. The zero-order chi connectivity index (χ0) is 18.8. The number of carbonyl (C=O) groups is 1. The molecule has 4 rings (SSSR count). The maximum absolute atomic E-state index is 13.6. The molecule has 3 heterocycles. The molecule has 1 amide bonds. The van der Waals surface area contributed by atoms with Crippen molar-refractivity contribution in [3.63, 3.8) is 0 Å². The van der Waals surface area contributed by atoms with E-state index in [1.165, 1.54) is 18.3 Å². The molecule has 0 saturated carbocycles. The van der Waals surface area contributed by atoms with Crippen LogP contribution in [0.25, 0.3) is 0 Å². The van der Waals surface area contributed by atoms with Crippen molar-refractivity contribution >= 4 is 23.3 Å². The average molecular weight is 392 g/mol. The Bertz CT molecular complexity index is 858. The van der Waals surface area contributed by atoms with Gasteiger partial charge in [-0.3, -0.25) is 4.79 Å². The van der Waals surface area contributed by atoms with E-state index >= 15 is 0 Å². The predicted molar refractivity (Wildman–Crippen MR) is 98.8 cm³/mol. The molecular weight excluding hydrogens is 373 g/mol. The number of morpholine rings is 1. The Morgan fingerprint density at radius 1 is 1.26 bits per heavy atom. The summed E-state index contributed by atoms with van der Waals surface area (Å²) in [6.45, 7) is 2.70. The number of pyridine rings is 1. The van der Waals surface area contributed by atoms with Crippen molar-refractivity contribution in [1.29, 1.82) is 0 Å². The summed E-state index contributed by atoms with van der Waals surface area (Å²) >= 11 is 6.36. The van der Waals surface area contributed by atoms with Crippen LogP contribution in [-0.4, -0.2) is 48.7 Å². The minimum absolute atomic E-state index is 0.113. The van der Waals surface area contributed by atoms with E-state index < -0.39 is 0 Å². The summed E-state index contributed by atoms with van der Waals surface area (Å²) in [5.74, 6) is 0.669. The first kappa shape index (κ1) is 18.0. The number of aromatic nitrogens is 1. The lowest BCUT2D eigenvalue weighted by molar-refractivity contribution is 0.0302. The fourth-order valence-corrected chi connectivity index (χ4v) is 3.51. The number of fused-ring (bicyclic) bond motifs is 1. The first-order valence-corrected chi connectivity index (χ1v) is 9.21. The predicted octanol–water partition coefficient (Wildman–Crippen LogP) is 3.28. The van der Waals surface area contributed by atoms with Gasteiger partial charge in [-0.2, -0.15) is 0 Å². The van der Waals surface area contributed by atoms with Crippen LogP contribution in [0.5, 0.6) is 5.75 Å². The number of hydrogen-bond acceptors (Lipinski definition) is 5. The fraction of sp³-hybridized carbons (Fsp3) is 0.368. The molecular formula is C19H19ClFN3O3.